The molecule has 0 unspecified atom stereocenters. The van der Waals surface area contributed by atoms with E-state index in [9.17, 15) is 9.59 Å². The molecule has 24 heavy (non-hydrogen) atoms. The molecule has 1 aliphatic rings. The number of nitrogens with two attached hydrogens (primary N) is 1. The Morgan fingerprint density at radius 1 is 1.42 bits per heavy atom. The van der Waals surface area contributed by atoms with Crippen molar-refractivity contribution in [2.45, 2.75) is 18.1 Å². The molecule has 0 aliphatic carbocycles. The van der Waals surface area contributed by atoms with Crippen molar-refractivity contribution in [3.8, 4) is 0 Å². The Hall–Kier alpha value is -2.58. The van der Waals surface area contributed by atoms with Crippen LogP contribution in [0.25, 0.3) is 10.9 Å². The maximum atomic E-state index is 12.2. The van der Waals surface area contributed by atoms with Gasteiger partial charge in [-0.05, 0) is 18.1 Å². The van der Waals surface area contributed by atoms with Gasteiger partial charge in [-0.3, -0.25) is 4.79 Å². The summed E-state index contributed by atoms with van der Waals surface area (Å²) in [7, 11) is 0. The molecule has 1 aromatic carbocycles. The predicted octanol–water partition coefficient (Wildman–Crippen LogP) is 0.618. The van der Waals surface area contributed by atoms with Crippen molar-refractivity contribution >= 4 is 23.0 Å². The molecular formula is C16H19N3O5. The molecule has 0 spiro atoms. The average Bonchev–Trinajstić information content (AvgIpc) is 2.91. The fraction of sp³-hybridized carbons (Fsp3) is 0.375. The van der Waals surface area contributed by atoms with Crippen LogP contribution >= 0.6 is 0 Å². The van der Waals surface area contributed by atoms with Gasteiger partial charge in [0.15, 0.2) is 0 Å². The summed E-state index contributed by atoms with van der Waals surface area (Å²) in [4.78, 5) is 26.0. The number of rotatable bonds is 6. The van der Waals surface area contributed by atoms with Crippen LogP contribution in [-0.4, -0.2) is 53.6 Å². The zero-order valence-corrected chi connectivity index (χ0v) is 13.0. The number of fused-ring (bicyclic) bond motifs is 1. The Labute approximate surface area is 137 Å². The standard InChI is InChI=1S/C16H19N3O5/c17-11(5-10-6-18-13-4-2-1-3-12(10)13)7-19-14(20)16(8-23-9-16)24-15(21)22/h1-4,6,11,18H,5,7-9,17H2,(H,19,20)(H,21,22)/t11-/m1/s1. The second-order valence-electron chi connectivity index (χ2n) is 5.89. The Bertz CT molecular complexity index is 753. The largest absolute Gasteiger partial charge is 0.507 e. The minimum absolute atomic E-state index is 0.0805. The molecule has 2 aromatic rings. The third-order valence-corrected chi connectivity index (χ3v) is 4.05. The molecular weight excluding hydrogens is 314 g/mol. The first kappa shape index (κ1) is 16.3. The molecule has 8 nitrogen and oxygen atoms in total. The number of carboxylic acid groups (broad SMARTS) is 1. The maximum Gasteiger partial charge on any atom is 0.507 e. The summed E-state index contributed by atoms with van der Waals surface area (Å²) in [5.41, 5.74) is 6.74. The van der Waals surface area contributed by atoms with Gasteiger partial charge >= 0.3 is 6.16 Å². The number of H-pyrrole nitrogens is 1. The van der Waals surface area contributed by atoms with Crippen molar-refractivity contribution in [1.29, 1.82) is 0 Å². The fourth-order valence-electron chi connectivity index (χ4n) is 2.73. The molecule has 5 N–H and O–H groups in total. The van der Waals surface area contributed by atoms with E-state index >= 15 is 0 Å². The Morgan fingerprint density at radius 3 is 2.83 bits per heavy atom. The van der Waals surface area contributed by atoms with E-state index < -0.39 is 17.7 Å². The topological polar surface area (TPSA) is 127 Å². The summed E-state index contributed by atoms with van der Waals surface area (Å²) in [6.07, 6.45) is 0.978. The van der Waals surface area contributed by atoms with Crippen LogP contribution in [0.1, 0.15) is 5.56 Å². The summed E-state index contributed by atoms with van der Waals surface area (Å²) >= 11 is 0. The monoisotopic (exact) mass is 333 g/mol. The Balaban J connectivity index is 1.56. The van der Waals surface area contributed by atoms with Crippen LogP contribution in [0, 0.1) is 0 Å². The molecule has 0 bridgehead atoms. The van der Waals surface area contributed by atoms with Crippen LogP contribution in [0.15, 0.2) is 30.5 Å². The summed E-state index contributed by atoms with van der Waals surface area (Å²) in [5.74, 6) is -0.523. The van der Waals surface area contributed by atoms with E-state index in [1.165, 1.54) is 0 Å². The summed E-state index contributed by atoms with van der Waals surface area (Å²) in [6.45, 7) is 0.0503. The van der Waals surface area contributed by atoms with E-state index in [0.29, 0.717) is 6.42 Å². The van der Waals surface area contributed by atoms with E-state index in [2.05, 4.69) is 15.0 Å². The molecule has 8 heteroatoms. The third-order valence-electron chi connectivity index (χ3n) is 4.05. The summed E-state index contributed by atoms with van der Waals surface area (Å²) in [5, 5.41) is 12.5. The lowest BCUT2D eigenvalue weighted by Crippen LogP contribution is -2.63. The van der Waals surface area contributed by atoms with Gasteiger partial charge in [0.2, 0.25) is 5.60 Å². The number of benzene rings is 1. The number of hydrogen-bond donors (Lipinski definition) is 4. The molecule has 128 valence electrons. The molecule has 1 aliphatic heterocycles. The van der Waals surface area contributed by atoms with Crippen LogP contribution in [0.3, 0.4) is 0 Å². The number of nitrogens with one attached hydrogen (secondary N) is 2. The zero-order chi connectivity index (χ0) is 17.2. The van der Waals surface area contributed by atoms with Gasteiger partial charge in [-0.2, -0.15) is 0 Å². The van der Waals surface area contributed by atoms with Crippen LogP contribution in [0.4, 0.5) is 4.79 Å². The molecule has 2 heterocycles. The first-order valence-electron chi connectivity index (χ1n) is 7.59. The molecule has 0 saturated carbocycles. The summed E-state index contributed by atoms with van der Waals surface area (Å²) < 4.78 is 9.58. The first-order valence-corrected chi connectivity index (χ1v) is 7.59. The van der Waals surface area contributed by atoms with Crippen molar-refractivity contribution in [3.05, 3.63) is 36.0 Å². The van der Waals surface area contributed by atoms with Crippen molar-refractivity contribution in [1.82, 2.24) is 10.3 Å². The highest BCUT2D eigenvalue weighted by Gasteiger charge is 2.50. The average molecular weight is 333 g/mol. The number of para-hydroxylation sites is 1. The Morgan fingerprint density at radius 2 is 2.17 bits per heavy atom. The van der Waals surface area contributed by atoms with Gasteiger partial charge in [0.1, 0.15) is 0 Å². The predicted molar refractivity (Wildman–Crippen MR) is 85.6 cm³/mol. The molecule has 1 saturated heterocycles. The second kappa shape index (κ2) is 6.50. The molecule has 1 aromatic heterocycles. The van der Waals surface area contributed by atoms with E-state index in [-0.39, 0.29) is 25.8 Å². The number of carbonyl (C=O) groups excluding carboxylic acids is 1. The number of ether oxygens (including phenoxy) is 2. The fourth-order valence-corrected chi connectivity index (χ4v) is 2.73. The normalized spacial score (nSPS) is 17.0. The Kier molecular flexibility index (Phi) is 4.41. The molecule has 1 atom stereocenters. The first-order chi connectivity index (χ1) is 11.5. The van der Waals surface area contributed by atoms with Gasteiger partial charge < -0.3 is 30.6 Å². The number of carbonyl (C=O) groups is 2. The minimum Gasteiger partial charge on any atom is -0.450 e. The van der Waals surface area contributed by atoms with Crippen molar-refractivity contribution in [3.63, 3.8) is 0 Å². The SMILES string of the molecule is N[C@@H](CNC(=O)C1(OC(=O)O)COC1)Cc1c[nH]c2ccccc12. The van der Waals surface area contributed by atoms with E-state index in [0.717, 1.165) is 16.5 Å². The lowest BCUT2D eigenvalue weighted by Gasteiger charge is -2.37. The number of aromatic amines is 1. The number of aromatic nitrogens is 1. The van der Waals surface area contributed by atoms with Gasteiger partial charge in [0.05, 0.1) is 13.2 Å². The van der Waals surface area contributed by atoms with Gasteiger partial charge in [0, 0.05) is 29.7 Å². The molecule has 3 rings (SSSR count). The highest BCUT2D eigenvalue weighted by Crippen LogP contribution is 2.22. The van der Waals surface area contributed by atoms with E-state index in [1.54, 1.807) is 0 Å². The minimum atomic E-state index is -1.50. The van der Waals surface area contributed by atoms with Gasteiger partial charge in [-0.25, -0.2) is 4.79 Å². The highest BCUT2D eigenvalue weighted by atomic mass is 16.7. The third kappa shape index (κ3) is 3.19. The molecule has 1 amide bonds. The van der Waals surface area contributed by atoms with Crippen LogP contribution in [-0.2, 0) is 20.7 Å². The summed E-state index contributed by atoms with van der Waals surface area (Å²) in [6, 6.07) is 7.59. The number of amides is 1. The van der Waals surface area contributed by atoms with Crippen LogP contribution in [0.2, 0.25) is 0 Å². The van der Waals surface area contributed by atoms with Gasteiger partial charge in [-0.1, -0.05) is 18.2 Å². The van der Waals surface area contributed by atoms with Crippen LogP contribution < -0.4 is 11.1 Å². The maximum absolute atomic E-state index is 12.2. The molecule has 0 radical (unpaired) electrons. The van der Waals surface area contributed by atoms with Crippen molar-refractivity contribution < 1.29 is 24.2 Å². The van der Waals surface area contributed by atoms with E-state index in [4.69, 9.17) is 15.6 Å². The smallest absolute Gasteiger partial charge is 0.450 e. The quantitative estimate of drug-likeness (QED) is 0.574. The van der Waals surface area contributed by atoms with Crippen LogP contribution in [0.5, 0.6) is 0 Å². The van der Waals surface area contributed by atoms with Crippen molar-refractivity contribution in [2.75, 3.05) is 19.8 Å². The van der Waals surface area contributed by atoms with E-state index in [1.807, 2.05) is 30.5 Å². The zero-order valence-electron chi connectivity index (χ0n) is 13.0. The molecule has 1 fully saturated rings. The van der Waals surface area contributed by atoms with Crippen molar-refractivity contribution in [2.24, 2.45) is 5.73 Å². The van der Waals surface area contributed by atoms with Gasteiger partial charge in [0.25, 0.3) is 5.91 Å². The van der Waals surface area contributed by atoms with Gasteiger partial charge in [-0.15, -0.1) is 0 Å². The lowest BCUT2D eigenvalue weighted by molar-refractivity contribution is -0.195. The number of hydrogen-bond acceptors (Lipinski definition) is 5. The second-order valence-corrected chi connectivity index (χ2v) is 5.89. The lowest BCUT2D eigenvalue weighted by atomic mass is 10.0. The highest BCUT2D eigenvalue weighted by molar-refractivity contribution is 5.88.